The lowest BCUT2D eigenvalue weighted by atomic mass is 10.3. The van der Waals surface area contributed by atoms with E-state index in [1.807, 2.05) is 0 Å². The molecule has 60 valence electrons. The SMILES string of the molecule is NC1=C2NCNC2NC(=S)N1. The van der Waals surface area contributed by atoms with Crippen molar-refractivity contribution in [3.05, 3.63) is 11.5 Å². The Morgan fingerprint density at radius 2 is 2.36 bits per heavy atom. The largest absolute Gasteiger partial charge is 0.384 e. The second kappa shape index (κ2) is 2.24. The number of fused-ring (bicyclic) bond motifs is 1. The maximum absolute atomic E-state index is 5.65. The Labute approximate surface area is 69.4 Å². The van der Waals surface area contributed by atoms with Crippen LogP contribution in [0.2, 0.25) is 0 Å². The van der Waals surface area contributed by atoms with Crippen molar-refractivity contribution < 1.29 is 0 Å². The standard InChI is InChI=1S/C5H9N5S/c6-3-2-4(8-1-7-2)10-5(11)9-3/h4,7-8H,1,6H2,(H2,9,10,11). The topological polar surface area (TPSA) is 74.1 Å². The van der Waals surface area contributed by atoms with Gasteiger partial charge in [-0.25, -0.2) is 0 Å². The third-order valence-corrected chi connectivity index (χ3v) is 1.91. The molecule has 1 unspecified atom stereocenters. The van der Waals surface area contributed by atoms with Crippen molar-refractivity contribution in [3.63, 3.8) is 0 Å². The summed E-state index contributed by atoms with van der Waals surface area (Å²) in [6.07, 6.45) is 0.0590. The molecule has 0 amide bonds. The first-order chi connectivity index (χ1) is 5.27. The normalized spacial score (nSPS) is 28.7. The minimum atomic E-state index is 0.0590. The third kappa shape index (κ3) is 0.997. The van der Waals surface area contributed by atoms with Crippen LogP contribution in [-0.4, -0.2) is 17.9 Å². The second-order valence-electron chi connectivity index (χ2n) is 2.42. The Morgan fingerprint density at radius 3 is 3.18 bits per heavy atom. The van der Waals surface area contributed by atoms with Gasteiger partial charge in [-0.3, -0.25) is 5.32 Å². The molecule has 6 heteroatoms. The summed E-state index contributed by atoms with van der Waals surface area (Å²) in [6.45, 7) is 0.720. The lowest BCUT2D eigenvalue weighted by Gasteiger charge is -2.24. The third-order valence-electron chi connectivity index (χ3n) is 1.69. The molecule has 0 aromatic carbocycles. The summed E-state index contributed by atoms with van der Waals surface area (Å²) in [4.78, 5) is 0. The van der Waals surface area contributed by atoms with Gasteiger partial charge >= 0.3 is 0 Å². The first-order valence-electron chi connectivity index (χ1n) is 3.32. The summed E-state index contributed by atoms with van der Waals surface area (Å²) in [5.41, 5.74) is 6.59. The number of nitrogens with two attached hydrogens (primary N) is 1. The minimum Gasteiger partial charge on any atom is -0.384 e. The Bertz CT molecular complexity index is 235. The predicted octanol–water partition coefficient (Wildman–Crippen LogP) is -1.93. The Morgan fingerprint density at radius 1 is 1.55 bits per heavy atom. The molecule has 2 aliphatic heterocycles. The van der Waals surface area contributed by atoms with Crippen LogP contribution < -0.4 is 27.0 Å². The predicted molar refractivity (Wildman–Crippen MR) is 45.0 cm³/mol. The van der Waals surface area contributed by atoms with Gasteiger partial charge in [0.05, 0.1) is 12.4 Å². The first kappa shape index (κ1) is 6.68. The lowest BCUT2D eigenvalue weighted by Crippen LogP contribution is -2.53. The molecule has 2 heterocycles. The average Bonchev–Trinajstić information content (AvgIpc) is 2.34. The lowest BCUT2D eigenvalue weighted by molar-refractivity contribution is 0.606. The van der Waals surface area contributed by atoms with Crippen LogP contribution in [-0.2, 0) is 0 Å². The van der Waals surface area contributed by atoms with E-state index in [4.69, 9.17) is 18.0 Å². The Balaban J connectivity index is 2.30. The number of nitrogens with one attached hydrogen (secondary N) is 4. The van der Waals surface area contributed by atoms with Crippen molar-refractivity contribution in [1.82, 2.24) is 21.3 Å². The molecule has 1 fully saturated rings. The van der Waals surface area contributed by atoms with Crippen molar-refractivity contribution in [2.45, 2.75) is 6.17 Å². The average molecular weight is 171 g/mol. The van der Waals surface area contributed by atoms with Gasteiger partial charge in [-0.15, -0.1) is 0 Å². The van der Waals surface area contributed by atoms with Gasteiger partial charge in [-0.05, 0) is 12.2 Å². The van der Waals surface area contributed by atoms with Crippen molar-refractivity contribution in [2.24, 2.45) is 5.73 Å². The second-order valence-corrected chi connectivity index (χ2v) is 2.82. The molecule has 0 spiro atoms. The van der Waals surface area contributed by atoms with E-state index in [2.05, 4.69) is 21.3 Å². The van der Waals surface area contributed by atoms with E-state index in [1.165, 1.54) is 0 Å². The van der Waals surface area contributed by atoms with Gasteiger partial charge in [-0.2, -0.15) is 0 Å². The fraction of sp³-hybridized carbons (Fsp3) is 0.400. The summed E-state index contributed by atoms with van der Waals surface area (Å²) in [6, 6.07) is 0. The van der Waals surface area contributed by atoms with E-state index in [9.17, 15) is 0 Å². The highest BCUT2D eigenvalue weighted by atomic mass is 32.1. The molecule has 6 N–H and O–H groups in total. The highest BCUT2D eigenvalue weighted by Crippen LogP contribution is 2.06. The molecule has 2 rings (SSSR count). The maximum atomic E-state index is 5.65. The maximum Gasteiger partial charge on any atom is 0.173 e. The quantitative estimate of drug-likeness (QED) is 0.273. The summed E-state index contributed by atoms with van der Waals surface area (Å²) in [5.74, 6) is 0.601. The fourth-order valence-electron chi connectivity index (χ4n) is 1.18. The van der Waals surface area contributed by atoms with Gasteiger partial charge < -0.3 is 21.7 Å². The van der Waals surface area contributed by atoms with Crippen LogP contribution in [0.1, 0.15) is 0 Å². The molecule has 0 radical (unpaired) electrons. The van der Waals surface area contributed by atoms with E-state index in [0.717, 1.165) is 12.4 Å². The number of thiocarbonyl (C=S) groups is 1. The molecule has 2 aliphatic rings. The van der Waals surface area contributed by atoms with Gasteiger partial charge in [0.25, 0.3) is 0 Å². The number of hydrogen-bond acceptors (Lipinski definition) is 4. The molecular weight excluding hydrogens is 162 g/mol. The highest BCUT2D eigenvalue weighted by molar-refractivity contribution is 7.80. The smallest absolute Gasteiger partial charge is 0.173 e. The molecule has 0 aliphatic carbocycles. The van der Waals surface area contributed by atoms with Crippen molar-refractivity contribution in [1.29, 1.82) is 0 Å². The van der Waals surface area contributed by atoms with Gasteiger partial charge in [-0.1, -0.05) is 0 Å². The van der Waals surface area contributed by atoms with Gasteiger partial charge in [0, 0.05) is 0 Å². The Kier molecular flexibility index (Phi) is 1.36. The van der Waals surface area contributed by atoms with Crippen LogP contribution in [0, 0.1) is 0 Å². The zero-order valence-electron chi connectivity index (χ0n) is 5.77. The van der Waals surface area contributed by atoms with Gasteiger partial charge in [0.2, 0.25) is 0 Å². The summed E-state index contributed by atoms with van der Waals surface area (Å²) in [5, 5.41) is 12.6. The molecule has 0 bridgehead atoms. The molecular formula is C5H9N5S. The summed E-state index contributed by atoms with van der Waals surface area (Å²) >= 11 is 4.90. The van der Waals surface area contributed by atoms with Crippen LogP contribution in [0.15, 0.2) is 11.5 Å². The first-order valence-corrected chi connectivity index (χ1v) is 3.72. The summed E-state index contributed by atoms with van der Waals surface area (Å²) < 4.78 is 0. The van der Waals surface area contributed by atoms with E-state index in [-0.39, 0.29) is 6.17 Å². The van der Waals surface area contributed by atoms with E-state index in [1.54, 1.807) is 0 Å². The van der Waals surface area contributed by atoms with Crippen LogP contribution in [0.25, 0.3) is 0 Å². The Hall–Kier alpha value is -1.01. The molecule has 1 saturated heterocycles. The molecule has 0 aromatic heterocycles. The minimum absolute atomic E-state index is 0.0590. The molecule has 1 atom stereocenters. The fourth-order valence-corrected chi connectivity index (χ4v) is 1.41. The van der Waals surface area contributed by atoms with Crippen LogP contribution in [0.3, 0.4) is 0 Å². The number of hydrogen-bond donors (Lipinski definition) is 5. The van der Waals surface area contributed by atoms with E-state index >= 15 is 0 Å². The molecule has 5 nitrogen and oxygen atoms in total. The van der Waals surface area contributed by atoms with E-state index < -0.39 is 0 Å². The zero-order chi connectivity index (χ0) is 7.84. The molecule has 0 aromatic rings. The molecule has 0 saturated carbocycles. The van der Waals surface area contributed by atoms with Crippen molar-refractivity contribution >= 4 is 17.3 Å². The highest BCUT2D eigenvalue weighted by Gasteiger charge is 2.27. The van der Waals surface area contributed by atoms with Crippen molar-refractivity contribution in [2.75, 3.05) is 6.67 Å². The summed E-state index contributed by atoms with van der Waals surface area (Å²) in [7, 11) is 0. The van der Waals surface area contributed by atoms with Crippen molar-refractivity contribution in [3.8, 4) is 0 Å². The van der Waals surface area contributed by atoms with Crippen LogP contribution in [0.4, 0.5) is 0 Å². The monoisotopic (exact) mass is 171 g/mol. The van der Waals surface area contributed by atoms with Gasteiger partial charge in [0.1, 0.15) is 12.0 Å². The zero-order valence-corrected chi connectivity index (χ0v) is 6.59. The van der Waals surface area contributed by atoms with E-state index in [0.29, 0.717) is 10.9 Å². The molecule has 11 heavy (non-hydrogen) atoms. The van der Waals surface area contributed by atoms with Crippen LogP contribution >= 0.6 is 12.2 Å². The van der Waals surface area contributed by atoms with Gasteiger partial charge in [0.15, 0.2) is 5.11 Å². The number of rotatable bonds is 0. The van der Waals surface area contributed by atoms with Crippen LogP contribution in [0.5, 0.6) is 0 Å².